The van der Waals surface area contributed by atoms with Crippen molar-refractivity contribution in [1.82, 2.24) is 9.88 Å². The Kier molecular flexibility index (Phi) is 3.68. The third kappa shape index (κ3) is 2.61. The number of rotatable bonds is 4. The lowest BCUT2D eigenvalue weighted by molar-refractivity contribution is -0.0341. The maximum atomic E-state index is 13.4. The first-order chi connectivity index (χ1) is 12.2. The number of amides is 1. The molecule has 1 aromatic heterocycles. The molecule has 0 radical (unpaired) electrons. The van der Waals surface area contributed by atoms with Gasteiger partial charge in [-0.05, 0) is 43.6 Å². The van der Waals surface area contributed by atoms with Crippen molar-refractivity contribution in [3.63, 3.8) is 0 Å². The average Bonchev–Trinajstić information content (AvgIpc) is 3.39. The number of thiazole rings is 1. The van der Waals surface area contributed by atoms with Crippen molar-refractivity contribution in [3.05, 3.63) is 41.0 Å². The van der Waals surface area contributed by atoms with Gasteiger partial charge < -0.3 is 10.0 Å². The van der Waals surface area contributed by atoms with Crippen LogP contribution < -0.4 is 0 Å². The van der Waals surface area contributed by atoms with Crippen LogP contribution in [0.2, 0.25) is 0 Å². The van der Waals surface area contributed by atoms with Crippen LogP contribution in [0.4, 0.5) is 0 Å². The fourth-order valence-electron chi connectivity index (χ4n) is 4.30. The van der Waals surface area contributed by atoms with Crippen LogP contribution in [-0.2, 0) is 0 Å². The van der Waals surface area contributed by atoms with E-state index in [-0.39, 0.29) is 24.6 Å². The molecule has 1 amide bonds. The maximum Gasteiger partial charge on any atom is 0.274 e. The van der Waals surface area contributed by atoms with E-state index in [0.29, 0.717) is 17.5 Å². The standard InChI is InChI=1S/C20H22N2O2S/c23-11-16-10-12-8-15(9-12)22(16)20(24)17-18(13-4-2-1-3-5-13)25-19(21-17)14-6-7-14/h1-5,12,14-16,23H,6-11H2. The summed E-state index contributed by atoms with van der Waals surface area (Å²) in [5, 5.41) is 10.9. The first-order valence-electron chi connectivity index (χ1n) is 9.24. The van der Waals surface area contributed by atoms with Crippen LogP contribution in [-0.4, -0.2) is 39.6 Å². The van der Waals surface area contributed by atoms with Gasteiger partial charge in [0.05, 0.1) is 22.5 Å². The molecule has 1 unspecified atom stereocenters. The van der Waals surface area contributed by atoms with Crippen LogP contribution in [0.5, 0.6) is 0 Å². The van der Waals surface area contributed by atoms with E-state index in [1.54, 1.807) is 11.3 Å². The van der Waals surface area contributed by atoms with Crippen LogP contribution in [0, 0.1) is 5.92 Å². The summed E-state index contributed by atoms with van der Waals surface area (Å²) < 4.78 is 0. The molecule has 0 spiro atoms. The Morgan fingerprint density at radius 3 is 2.64 bits per heavy atom. The van der Waals surface area contributed by atoms with Crippen LogP contribution in [0.1, 0.15) is 53.5 Å². The molecule has 2 saturated heterocycles. The number of hydrogen-bond donors (Lipinski definition) is 1. The van der Waals surface area contributed by atoms with Gasteiger partial charge in [-0.1, -0.05) is 30.3 Å². The number of piperidine rings is 2. The quantitative estimate of drug-likeness (QED) is 0.911. The number of aliphatic hydroxyl groups excluding tert-OH is 1. The smallest absolute Gasteiger partial charge is 0.274 e. The predicted octanol–water partition coefficient (Wildman–Crippen LogP) is 3.67. The Balaban J connectivity index is 1.54. The number of hydrogen-bond acceptors (Lipinski definition) is 4. The summed E-state index contributed by atoms with van der Waals surface area (Å²) in [5.74, 6) is 1.25. The van der Waals surface area contributed by atoms with Crippen LogP contribution in [0.15, 0.2) is 30.3 Å². The molecule has 4 nitrogen and oxygen atoms in total. The minimum atomic E-state index is -0.0419. The van der Waals surface area contributed by atoms with Crippen molar-refractivity contribution >= 4 is 17.2 Å². The zero-order valence-electron chi connectivity index (χ0n) is 14.1. The zero-order valence-corrected chi connectivity index (χ0v) is 14.9. The lowest BCUT2D eigenvalue weighted by Gasteiger charge is -2.53. The van der Waals surface area contributed by atoms with Crippen molar-refractivity contribution in [2.75, 3.05) is 6.61 Å². The van der Waals surface area contributed by atoms with E-state index in [0.717, 1.165) is 34.7 Å². The summed E-state index contributed by atoms with van der Waals surface area (Å²) >= 11 is 1.68. The average molecular weight is 354 g/mol. The molecular formula is C20H22N2O2S. The number of fused-ring (bicyclic) bond motifs is 2. The van der Waals surface area contributed by atoms with Crippen molar-refractivity contribution in [2.45, 2.75) is 50.1 Å². The van der Waals surface area contributed by atoms with E-state index in [4.69, 9.17) is 4.98 Å². The molecule has 130 valence electrons. The summed E-state index contributed by atoms with van der Waals surface area (Å²) in [6.07, 6.45) is 5.47. The summed E-state index contributed by atoms with van der Waals surface area (Å²) in [6, 6.07) is 10.4. The molecular weight excluding hydrogens is 332 g/mol. The van der Waals surface area contributed by atoms with Gasteiger partial charge in [0.1, 0.15) is 5.69 Å². The molecule has 2 saturated carbocycles. The minimum absolute atomic E-state index is 0.0178. The second kappa shape index (κ2) is 5.92. The van der Waals surface area contributed by atoms with Gasteiger partial charge in [0.15, 0.2) is 0 Å². The van der Waals surface area contributed by atoms with Crippen molar-refractivity contribution in [3.8, 4) is 10.4 Å². The Labute approximate surface area is 151 Å². The number of nitrogens with zero attached hydrogens (tertiary/aromatic N) is 2. The van der Waals surface area contributed by atoms with E-state index < -0.39 is 0 Å². The monoisotopic (exact) mass is 354 g/mol. The van der Waals surface area contributed by atoms with Crippen molar-refractivity contribution in [2.24, 2.45) is 5.92 Å². The summed E-state index contributed by atoms with van der Waals surface area (Å²) in [4.78, 5) is 21.1. The molecule has 2 aliphatic heterocycles. The van der Waals surface area contributed by atoms with Gasteiger partial charge in [-0.15, -0.1) is 11.3 Å². The SMILES string of the molecule is O=C(c1nc(C2CC2)sc1-c1ccccc1)N1C(CO)CC2CC1C2. The largest absolute Gasteiger partial charge is 0.394 e. The highest BCUT2D eigenvalue weighted by Gasteiger charge is 2.47. The second-order valence-electron chi connectivity index (χ2n) is 7.65. The number of benzene rings is 1. The number of carbonyl (C=O) groups is 1. The molecule has 1 N–H and O–H groups in total. The van der Waals surface area contributed by atoms with Gasteiger partial charge in [0.25, 0.3) is 5.91 Å². The first kappa shape index (κ1) is 15.5. The molecule has 3 heterocycles. The van der Waals surface area contributed by atoms with Gasteiger partial charge in [-0.25, -0.2) is 4.98 Å². The van der Waals surface area contributed by atoms with Gasteiger partial charge >= 0.3 is 0 Å². The molecule has 4 aliphatic rings. The number of carbonyl (C=O) groups excluding carboxylic acids is 1. The highest BCUT2D eigenvalue weighted by atomic mass is 32.1. The molecule has 5 heteroatoms. The minimum Gasteiger partial charge on any atom is -0.394 e. The van der Waals surface area contributed by atoms with Crippen molar-refractivity contribution in [1.29, 1.82) is 0 Å². The van der Waals surface area contributed by atoms with Gasteiger partial charge in [-0.3, -0.25) is 4.79 Å². The molecule has 4 fully saturated rings. The van der Waals surface area contributed by atoms with E-state index >= 15 is 0 Å². The fourth-order valence-corrected chi connectivity index (χ4v) is 5.54. The van der Waals surface area contributed by atoms with E-state index in [1.807, 2.05) is 23.1 Å². The van der Waals surface area contributed by atoms with Crippen LogP contribution in [0.25, 0.3) is 10.4 Å². The molecule has 6 rings (SSSR count). The van der Waals surface area contributed by atoms with Gasteiger partial charge in [-0.2, -0.15) is 0 Å². The lowest BCUT2D eigenvalue weighted by atomic mass is 9.70. The molecule has 2 bridgehead atoms. The number of aliphatic hydroxyl groups is 1. The van der Waals surface area contributed by atoms with Crippen LogP contribution in [0.3, 0.4) is 0 Å². The third-order valence-electron chi connectivity index (χ3n) is 5.86. The zero-order chi connectivity index (χ0) is 17.0. The topological polar surface area (TPSA) is 53.4 Å². The maximum absolute atomic E-state index is 13.4. The van der Waals surface area contributed by atoms with Gasteiger partial charge in [0.2, 0.25) is 0 Å². The van der Waals surface area contributed by atoms with E-state index in [2.05, 4.69) is 12.1 Å². The first-order valence-corrected chi connectivity index (χ1v) is 10.1. The molecule has 2 aromatic rings. The van der Waals surface area contributed by atoms with E-state index in [9.17, 15) is 9.90 Å². The number of aromatic nitrogens is 1. The Morgan fingerprint density at radius 2 is 1.96 bits per heavy atom. The molecule has 2 aliphatic carbocycles. The fraction of sp³-hybridized carbons (Fsp3) is 0.500. The third-order valence-corrected chi connectivity index (χ3v) is 7.12. The Hall–Kier alpha value is -1.72. The summed E-state index contributed by atoms with van der Waals surface area (Å²) in [6.45, 7) is 0.0546. The van der Waals surface area contributed by atoms with Crippen LogP contribution >= 0.6 is 11.3 Å². The molecule has 1 atom stereocenters. The predicted molar refractivity (Wildman–Crippen MR) is 97.7 cm³/mol. The lowest BCUT2D eigenvalue weighted by Crippen LogP contribution is -2.60. The van der Waals surface area contributed by atoms with E-state index in [1.165, 1.54) is 12.8 Å². The molecule has 1 aromatic carbocycles. The van der Waals surface area contributed by atoms with Crippen molar-refractivity contribution < 1.29 is 9.90 Å². The Morgan fingerprint density at radius 1 is 1.20 bits per heavy atom. The normalized spacial score (nSPS) is 27.9. The highest BCUT2D eigenvalue weighted by Crippen LogP contribution is 2.47. The highest BCUT2D eigenvalue weighted by molar-refractivity contribution is 7.15. The second-order valence-corrected chi connectivity index (χ2v) is 8.68. The van der Waals surface area contributed by atoms with Gasteiger partial charge in [0, 0.05) is 12.0 Å². The summed E-state index contributed by atoms with van der Waals surface area (Å²) in [5.41, 5.74) is 1.67. The molecule has 25 heavy (non-hydrogen) atoms. The summed E-state index contributed by atoms with van der Waals surface area (Å²) in [7, 11) is 0. The Bertz CT molecular complexity index is 793.